The molecule has 1 fully saturated rings. The van der Waals surface area contributed by atoms with E-state index in [0.717, 1.165) is 19.4 Å². The van der Waals surface area contributed by atoms with Gasteiger partial charge in [0.1, 0.15) is 0 Å². The fourth-order valence-corrected chi connectivity index (χ4v) is 1.91. The van der Waals surface area contributed by atoms with Gasteiger partial charge in [-0.3, -0.25) is 9.59 Å². The molecule has 90 valence electrons. The third kappa shape index (κ3) is 3.36. The van der Waals surface area contributed by atoms with Crippen LogP contribution in [-0.2, 0) is 14.3 Å². The first kappa shape index (κ1) is 12.7. The predicted octanol–water partition coefficient (Wildman–Crippen LogP) is 1.36. The third-order valence-corrected chi connectivity index (χ3v) is 2.71. The van der Waals surface area contributed by atoms with E-state index in [2.05, 4.69) is 6.58 Å². The zero-order chi connectivity index (χ0) is 12.0. The summed E-state index contributed by atoms with van der Waals surface area (Å²) in [5.74, 6) is -0.287. The molecule has 0 aromatic heterocycles. The summed E-state index contributed by atoms with van der Waals surface area (Å²) >= 11 is 0. The van der Waals surface area contributed by atoms with Crippen molar-refractivity contribution < 1.29 is 14.3 Å². The SMILES string of the molecule is C=CCC(=O)N1CCC[C@@H](C(=O)OCC)C1. The number of nitrogens with zero attached hydrogens (tertiary/aromatic N) is 1. The Bertz CT molecular complexity index is 275. The van der Waals surface area contributed by atoms with Crippen LogP contribution in [0.1, 0.15) is 26.2 Å². The summed E-state index contributed by atoms with van der Waals surface area (Å²) in [4.78, 5) is 24.9. The minimum Gasteiger partial charge on any atom is -0.466 e. The quantitative estimate of drug-likeness (QED) is 0.536. The van der Waals surface area contributed by atoms with Crippen LogP contribution in [0.15, 0.2) is 12.7 Å². The van der Waals surface area contributed by atoms with Crippen molar-refractivity contribution in [3.63, 3.8) is 0 Å². The largest absolute Gasteiger partial charge is 0.466 e. The van der Waals surface area contributed by atoms with Gasteiger partial charge in [0.25, 0.3) is 0 Å². The summed E-state index contributed by atoms with van der Waals surface area (Å²) in [5, 5.41) is 0. The van der Waals surface area contributed by atoms with Crippen LogP contribution in [0.4, 0.5) is 0 Å². The number of likely N-dealkylation sites (tertiary alicyclic amines) is 1. The molecule has 16 heavy (non-hydrogen) atoms. The first-order valence-corrected chi connectivity index (χ1v) is 5.74. The fourth-order valence-electron chi connectivity index (χ4n) is 1.91. The summed E-state index contributed by atoms with van der Waals surface area (Å²) in [7, 11) is 0. The van der Waals surface area contributed by atoms with E-state index in [1.165, 1.54) is 0 Å². The molecular formula is C12H19NO3. The highest BCUT2D eigenvalue weighted by Crippen LogP contribution is 2.18. The molecule has 0 aliphatic carbocycles. The maximum Gasteiger partial charge on any atom is 0.310 e. The second-order valence-electron chi connectivity index (χ2n) is 3.92. The molecule has 4 nitrogen and oxygen atoms in total. The average molecular weight is 225 g/mol. The van der Waals surface area contributed by atoms with Crippen LogP contribution in [0.5, 0.6) is 0 Å². The summed E-state index contributed by atoms with van der Waals surface area (Å²) in [6, 6.07) is 0. The van der Waals surface area contributed by atoms with Crippen molar-refractivity contribution in [1.82, 2.24) is 4.90 Å². The van der Waals surface area contributed by atoms with E-state index in [-0.39, 0.29) is 17.8 Å². The molecule has 0 N–H and O–H groups in total. The zero-order valence-electron chi connectivity index (χ0n) is 9.78. The normalized spacial score (nSPS) is 20.3. The molecule has 0 spiro atoms. The third-order valence-electron chi connectivity index (χ3n) is 2.71. The van der Waals surface area contributed by atoms with E-state index >= 15 is 0 Å². The molecule has 1 rings (SSSR count). The summed E-state index contributed by atoms with van der Waals surface area (Å²) in [5.41, 5.74) is 0. The Balaban J connectivity index is 2.49. The molecule has 4 heteroatoms. The standard InChI is InChI=1S/C12H19NO3/c1-3-6-11(14)13-8-5-7-10(9-13)12(15)16-4-2/h3,10H,1,4-9H2,2H3/t10-/m1/s1. The lowest BCUT2D eigenvalue weighted by Gasteiger charge is -2.31. The van der Waals surface area contributed by atoms with Gasteiger partial charge in [-0.1, -0.05) is 6.08 Å². The van der Waals surface area contributed by atoms with Gasteiger partial charge in [-0.05, 0) is 19.8 Å². The minimum absolute atomic E-state index is 0.0454. The Kier molecular flexibility index (Phi) is 5.02. The van der Waals surface area contributed by atoms with Gasteiger partial charge in [0.05, 0.1) is 12.5 Å². The lowest BCUT2D eigenvalue weighted by Crippen LogP contribution is -2.42. The topological polar surface area (TPSA) is 46.6 Å². The molecule has 1 aliphatic rings. The molecule has 1 aliphatic heterocycles. The highest BCUT2D eigenvalue weighted by molar-refractivity contribution is 5.79. The smallest absolute Gasteiger partial charge is 0.310 e. The number of amides is 1. The van der Waals surface area contributed by atoms with Gasteiger partial charge < -0.3 is 9.64 Å². The molecule has 0 saturated carbocycles. The van der Waals surface area contributed by atoms with Crippen LogP contribution in [0, 0.1) is 5.92 Å². The number of rotatable bonds is 4. The van der Waals surface area contributed by atoms with E-state index in [1.807, 2.05) is 0 Å². The Labute approximate surface area is 96.3 Å². The highest BCUT2D eigenvalue weighted by Gasteiger charge is 2.28. The number of esters is 1. The Morgan fingerprint density at radius 2 is 2.31 bits per heavy atom. The number of carbonyl (C=O) groups is 2. The summed E-state index contributed by atoms with van der Waals surface area (Å²) in [6.45, 7) is 6.96. The van der Waals surface area contributed by atoms with Crippen molar-refractivity contribution in [3.05, 3.63) is 12.7 Å². The Morgan fingerprint density at radius 3 is 2.94 bits per heavy atom. The molecule has 1 atom stereocenters. The van der Waals surface area contributed by atoms with E-state index in [1.54, 1.807) is 17.9 Å². The van der Waals surface area contributed by atoms with Crippen molar-refractivity contribution in [2.75, 3.05) is 19.7 Å². The number of piperidine rings is 1. The molecule has 0 aromatic carbocycles. The van der Waals surface area contributed by atoms with E-state index in [0.29, 0.717) is 19.6 Å². The molecule has 0 aromatic rings. The van der Waals surface area contributed by atoms with Crippen LogP contribution in [0.25, 0.3) is 0 Å². The lowest BCUT2D eigenvalue weighted by atomic mass is 9.98. The van der Waals surface area contributed by atoms with Crippen molar-refractivity contribution in [2.45, 2.75) is 26.2 Å². The lowest BCUT2D eigenvalue weighted by molar-refractivity contribution is -0.151. The van der Waals surface area contributed by atoms with Crippen molar-refractivity contribution in [1.29, 1.82) is 0 Å². The number of carbonyl (C=O) groups excluding carboxylic acids is 2. The molecule has 0 unspecified atom stereocenters. The van der Waals surface area contributed by atoms with Gasteiger partial charge in [-0.2, -0.15) is 0 Å². The van der Waals surface area contributed by atoms with Crippen molar-refractivity contribution >= 4 is 11.9 Å². The van der Waals surface area contributed by atoms with Gasteiger partial charge in [-0.25, -0.2) is 0 Å². The maximum absolute atomic E-state index is 11.6. The maximum atomic E-state index is 11.6. The fraction of sp³-hybridized carbons (Fsp3) is 0.667. The summed E-state index contributed by atoms with van der Waals surface area (Å²) < 4.78 is 4.97. The second-order valence-corrected chi connectivity index (χ2v) is 3.92. The average Bonchev–Trinajstić information content (AvgIpc) is 2.30. The first-order valence-electron chi connectivity index (χ1n) is 5.74. The number of hydrogen-bond donors (Lipinski definition) is 0. The van der Waals surface area contributed by atoms with Gasteiger partial charge in [-0.15, -0.1) is 6.58 Å². The highest BCUT2D eigenvalue weighted by atomic mass is 16.5. The minimum atomic E-state index is -0.182. The second kappa shape index (κ2) is 6.30. The van der Waals surface area contributed by atoms with Gasteiger partial charge in [0, 0.05) is 19.5 Å². The molecule has 1 heterocycles. The van der Waals surface area contributed by atoms with Crippen LogP contribution < -0.4 is 0 Å². The predicted molar refractivity (Wildman–Crippen MR) is 60.8 cm³/mol. The van der Waals surface area contributed by atoms with Crippen molar-refractivity contribution in [2.24, 2.45) is 5.92 Å². The molecule has 1 amide bonds. The molecule has 0 radical (unpaired) electrons. The van der Waals surface area contributed by atoms with Gasteiger partial charge in [0.2, 0.25) is 5.91 Å². The van der Waals surface area contributed by atoms with Gasteiger partial charge >= 0.3 is 5.97 Å². The monoisotopic (exact) mass is 225 g/mol. The van der Waals surface area contributed by atoms with E-state index < -0.39 is 0 Å². The molecule has 1 saturated heterocycles. The van der Waals surface area contributed by atoms with Crippen LogP contribution in [-0.4, -0.2) is 36.5 Å². The number of hydrogen-bond acceptors (Lipinski definition) is 3. The van der Waals surface area contributed by atoms with Gasteiger partial charge in [0.15, 0.2) is 0 Å². The molecule has 0 bridgehead atoms. The van der Waals surface area contributed by atoms with Crippen LogP contribution in [0.3, 0.4) is 0 Å². The van der Waals surface area contributed by atoms with E-state index in [4.69, 9.17) is 4.74 Å². The van der Waals surface area contributed by atoms with Crippen molar-refractivity contribution in [3.8, 4) is 0 Å². The van der Waals surface area contributed by atoms with Crippen LogP contribution in [0.2, 0.25) is 0 Å². The van der Waals surface area contributed by atoms with E-state index in [9.17, 15) is 9.59 Å². The zero-order valence-corrected chi connectivity index (χ0v) is 9.78. The number of ether oxygens (including phenoxy) is 1. The molecular weight excluding hydrogens is 206 g/mol. The Hall–Kier alpha value is -1.32. The Morgan fingerprint density at radius 1 is 1.56 bits per heavy atom. The first-order chi connectivity index (χ1) is 7.69. The summed E-state index contributed by atoms with van der Waals surface area (Å²) in [6.07, 6.45) is 3.62. The van der Waals surface area contributed by atoms with Crippen LogP contribution >= 0.6 is 0 Å².